The molecule has 1 aromatic rings. The summed E-state index contributed by atoms with van der Waals surface area (Å²) in [6.45, 7) is 4.19. The summed E-state index contributed by atoms with van der Waals surface area (Å²) >= 11 is 7.49. The predicted octanol–water partition coefficient (Wildman–Crippen LogP) is 4.34. The lowest BCUT2D eigenvalue weighted by atomic mass is 10.0. The van der Waals surface area contributed by atoms with Crippen LogP contribution in [-0.2, 0) is 0 Å². The van der Waals surface area contributed by atoms with Gasteiger partial charge in [-0.15, -0.1) is 0 Å². The number of hydrogen-bond donors (Lipinski definition) is 1. The normalized spacial score (nSPS) is 17.9. The molecule has 0 fully saturated rings. The number of amidine groups is 1. The molecule has 0 saturated heterocycles. The maximum absolute atomic E-state index is 5.87. The molecule has 0 amide bonds. The van der Waals surface area contributed by atoms with E-state index in [0.717, 1.165) is 21.5 Å². The molecular weight excluding hydrogens is 276 g/mol. The fourth-order valence-electron chi connectivity index (χ4n) is 1.81. The molecule has 0 bridgehead atoms. The Bertz CT molecular complexity index is 542. The number of halogens is 1. The standard InChI is InChI=1S/C15H17ClN2S/c1-15(2)10-13(17-14(18-15)19-3)9-6-11-4-7-12(16)8-5-11/h4-10H,1-3H3,(H,17,18)/b9-6+. The van der Waals surface area contributed by atoms with E-state index in [0.29, 0.717) is 0 Å². The van der Waals surface area contributed by atoms with Crippen LogP contribution in [-0.4, -0.2) is 17.0 Å². The van der Waals surface area contributed by atoms with Gasteiger partial charge >= 0.3 is 0 Å². The summed E-state index contributed by atoms with van der Waals surface area (Å²) in [5, 5.41) is 5.00. The van der Waals surface area contributed by atoms with Crippen LogP contribution < -0.4 is 5.32 Å². The number of hydrogen-bond acceptors (Lipinski definition) is 3. The van der Waals surface area contributed by atoms with E-state index in [2.05, 4.69) is 42.4 Å². The second-order valence-corrected chi connectivity index (χ2v) is 6.12. The molecule has 0 spiro atoms. The number of nitrogens with one attached hydrogen (secondary N) is 1. The van der Waals surface area contributed by atoms with Crippen molar-refractivity contribution in [1.82, 2.24) is 5.32 Å². The second-order valence-electron chi connectivity index (χ2n) is 4.88. The van der Waals surface area contributed by atoms with Gasteiger partial charge in [-0.3, -0.25) is 4.99 Å². The van der Waals surface area contributed by atoms with Gasteiger partial charge in [0.2, 0.25) is 0 Å². The van der Waals surface area contributed by atoms with Gasteiger partial charge in [-0.2, -0.15) is 0 Å². The molecule has 0 aromatic heterocycles. The van der Waals surface area contributed by atoms with Crippen molar-refractivity contribution >= 4 is 34.6 Å². The molecule has 2 nitrogen and oxygen atoms in total. The average Bonchev–Trinajstić information content (AvgIpc) is 2.36. The van der Waals surface area contributed by atoms with Crippen molar-refractivity contribution in [3.63, 3.8) is 0 Å². The number of allylic oxidation sites excluding steroid dienone is 1. The van der Waals surface area contributed by atoms with Gasteiger partial charge in [-0.25, -0.2) is 0 Å². The highest BCUT2D eigenvalue weighted by Crippen LogP contribution is 2.21. The first-order valence-corrected chi connectivity index (χ1v) is 7.66. The number of nitrogens with zero attached hydrogens (tertiary/aromatic N) is 1. The Morgan fingerprint density at radius 3 is 2.53 bits per heavy atom. The van der Waals surface area contributed by atoms with Crippen LogP contribution in [0.25, 0.3) is 6.08 Å². The molecule has 4 heteroatoms. The number of thioether (sulfide) groups is 1. The third-order valence-electron chi connectivity index (χ3n) is 2.67. The van der Waals surface area contributed by atoms with Crippen molar-refractivity contribution in [3.05, 3.63) is 52.7 Å². The van der Waals surface area contributed by atoms with Crippen molar-refractivity contribution < 1.29 is 0 Å². The summed E-state index contributed by atoms with van der Waals surface area (Å²) in [5.74, 6) is 0. The third kappa shape index (κ3) is 4.15. The first-order chi connectivity index (χ1) is 8.98. The largest absolute Gasteiger partial charge is 0.335 e. The highest BCUT2D eigenvalue weighted by molar-refractivity contribution is 8.13. The zero-order valence-corrected chi connectivity index (χ0v) is 12.8. The molecule has 0 saturated carbocycles. The van der Waals surface area contributed by atoms with Gasteiger partial charge in [0.1, 0.15) is 0 Å². The molecule has 0 unspecified atom stereocenters. The van der Waals surface area contributed by atoms with Crippen molar-refractivity contribution in [2.24, 2.45) is 4.99 Å². The number of rotatable bonds is 2. The Morgan fingerprint density at radius 1 is 1.21 bits per heavy atom. The van der Waals surface area contributed by atoms with Crippen molar-refractivity contribution in [3.8, 4) is 0 Å². The van der Waals surface area contributed by atoms with Crippen molar-refractivity contribution in [1.29, 1.82) is 0 Å². The van der Waals surface area contributed by atoms with Crippen molar-refractivity contribution in [2.75, 3.05) is 6.26 Å². The Labute approximate surface area is 123 Å². The molecular formula is C15H17ClN2S. The van der Waals surface area contributed by atoms with Crippen LogP contribution in [0, 0.1) is 0 Å². The number of benzene rings is 1. The molecule has 0 atom stereocenters. The summed E-state index contributed by atoms with van der Waals surface area (Å²) in [6.07, 6.45) is 8.28. The minimum atomic E-state index is -0.163. The topological polar surface area (TPSA) is 24.4 Å². The quantitative estimate of drug-likeness (QED) is 0.877. The Kier molecular flexibility index (Phi) is 4.38. The SMILES string of the molecule is CSC1=NC(C)(C)C=C(/C=C/c2ccc(Cl)cc2)N1. The lowest BCUT2D eigenvalue weighted by molar-refractivity contribution is 0.639. The lowest BCUT2D eigenvalue weighted by Gasteiger charge is -2.24. The van der Waals surface area contributed by atoms with E-state index in [1.54, 1.807) is 11.8 Å². The summed E-state index contributed by atoms with van der Waals surface area (Å²) in [4.78, 5) is 4.59. The molecule has 0 aliphatic carbocycles. The van der Waals surface area contributed by atoms with Crippen LogP contribution in [0.2, 0.25) is 5.02 Å². The van der Waals surface area contributed by atoms with Gasteiger partial charge in [0.15, 0.2) is 5.17 Å². The van der Waals surface area contributed by atoms with Gasteiger partial charge in [-0.1, -0.05) is 41.6 Å². The van der Waals surface area contributed by atoms with Gasteiger partial charge in [0.05, 0.1) is 5.54 Å². The molecule has 19 heavy (non-hydrogen) atoms. The molecule has 1 N–H and O–H groups in total. The molecule has 1 aliphatic rings. The van der Waals surface area contributed by atoms with Crippen LogP contribution >= 0.6 is 23.4 Å². The van der Waals surface area contributed by atoms with E-state index in [-0.39, 0.29) is 5.54 Å². The second kappa shape index (κ2) is 5.85. The third-order valence-corrected chi connectivity index (χ3v) is 3.50. The van der Waals surface area contributed by atoms with E-state index >= 15 is 0 Å². The minimum absolute atomic E-state index is 0.163. The molecule has 1 aromatic carbocycles. The number of aliphatic imine (C=N–C) groups is 1. The van der Waals surface area contributed by atoms with Crippen LogP contribution in [0.1, 0.15) is 19.4 Å². The Morgan fingerprint density at radius 2 is 1.89 bits per heavy atom. The first kappa shape index (κ1) is 14.2. The molecule has 1 aliphatic heterocycles. The summed E-state index contributed by atoms with van der Waals surface area (Å²) in [7, 11) is 0. The monoisotopic (exact) mass is 292 g/mol. The van der Waals surface area contributed by atoms with E-state index in [9.17, 15) is 0 Å². The fraction of sp³-hybridized carbons (Fsp3) is 0.267. The molecule has 0 radical (unpaired) electrons. The van der Waals surface area contributed by atoms with E-state index in [4.69, 9.17) is 11.6 Å². The molecule has 100 valence electrons. The first-order valence-electron chi connectivity index (χ1n) is 6.06. The van der Waals surface area contributed by atoms with E-state index in [1.165, 1.54) is 0 Å². The smallest absolute Gasteiger partial charge is 0.161 e. The lowest BCUT2D eigenvalue weighted by Crippen LogP contribution is -2.31. The minimum Gasteiger partial charge on any atom is -0.335 e. The maximum Gasteiger partial charge on any atom is 0.161 e. The fourth-order valence-corrected chi connectivity index (χ4v) is 2.48. The summed E-state index contributed by atoms with van der Waals surface area (Å²) in [6, 6.07) is 7.78. The van der Waals surface area contributed by atoms with E-state index in [1.807, 2.05) is 30.5 Å². The van der Waals surface area contributed by atoms with Crippen LogP contribution in [0.3, 0.4) is 0 Å². The molecule has 2 rings (SSSR count). The van der Waals surface area contributed by atoms with Crippen molar-refractivity contribution in [2.45, 2.75) is 19.4 Å². The average molecular weight is 293 g/mol. The summed E-state index contributed by atoms with van der Waals surface area (Å²) < 4.78 is 0. The van der Waals surface area contributed by atoms with Gasteiger partial charge < -0.3 is 5.32 Å². The Balaban J connectivity index is 2.15. The van der Waals surface area contributed by atoms with E-state index < -0.39 is 0 Å². The molecule has 1 heterocycles. The summed E-state index contributed by atoms with van der Waals surface area (Å²) in [5.41, 5.74) is 2.03. The van der Waals surface area contributed by atoms with Gasteiger partial charge in [0.25, 0.3) is 0 Å². The van der Waals surface area contributed by atoms with Crippen LogP contribution in [0.4, 0.5) is 0 Å². The Hall–Kier alpha value is -1.19. The van der Waals surface area contributed by atoms with Gasteiger partial charge in [0, 0.05) is 10.7 Å². The maximum atomic E-state index is 5.87. The highest BCUT2D eigenvalue weighted by Gasteiger charge is 2.19. The zero-order chi connectivity index (χ0) is 13.9. The van der Waals surface area contributed by atoms with Crippen LogP contribution in [0.5, 0.6) is 0 Å². The highest BCUT2D eigenvalue weighted by atomic mass is 35.5. The predicted molar refractivity (Wildman–Crippen MR) is 86.7 cm³/mol. The van der Waals surface area contributed by atoms with Crippen LogP contribution in [0.15, 0.2) is 47.1 Å². The van der Waals surface area contributed by atoms with Gasteiger partial charge in [-0.05, 0) is 50.0 Å². The zero-order valence-electron chi connectivity index (χ0n) is 11.3.